The first-order chi connectivity index (χ1) is 11.4. The number of hydrogen-bond acceptors (Lipinski definition) is 1. The van der Waals surface area contributed by atoms with Crippen LogP contribution in [0, 0.1) is 0 Å². The Morgan fingerprint density at radius 2 is 1.22 bits per heavy atom. The number of benzene rings is 3. The predicted molar refractivity (Wildman–Crippen MR) is 101 cm³/mol. The molecule has 0 radical (unpaired) electrons. The molecule has 3 rings (SSSR count). The molecule has 0 aliphatic carbocycles. The molecular formula is C21H21OP. The molecule has 23 heavy (non-hydrogen) atoms. The first kappa shape index (κ1) is 15.8. The fourth-order valence-electron chi connectivity index (χ4n) is 2.76. The molecule has 0 saturated heterocycles. The van der Waals surface area contributed by atoms with Crippen LogP contribution in [-0.2, 0) is 6.42 Å². The largest absolute Gasteiger partial charge is 0.496 e. The average Bonchev–Trinajstić information content (AvgIpc) is 2.64. The first-order valence-corrected chi connectivity index (χ1v) is 9.40. The lowest BCUT2D eigenvalue weighted by molar-refractivity contribution is 0.410. The summed E-state index contributed by atoms with van der Waals surface area (Å²) < 4.78 is 5.50. The number of ether oxygens (including phenoxy) is 1. The van der Waals surface area contributed by atoms with Crippen LogP contribution in [0.4, 0.5) is 0 Å². The van der Waals surface area contributed by atoms with Crippen LogP contribution in [0.5, 0.6) is 5.75 Å². The second-order valence-electron chi connectivity index (χ2n) is 5.38. The van der Waals surface area contributed by atoms with Crippen LogP contribution in [0.1, 0.15) is 5.56 Å². The van der Waals surface area contributed by atoms with Crippen LogP contribution in [-0.4, -0.2) is 13.3 Å². The Balaban J connectivity index is 1.85. The maximum absolute atomic E-state index is 5.50. The molecule has 0 spiro atoms. The number of methoxy groups -OCH3 is 1. The topological polar surface area (TPSA) is 9.23 Å². The van der Waals surface area contributed by atoms with E-state index in [2.05, 4.69) is 72.8 Å². The van der Waals surface area contributed by atoms with Crippen molar-refractivity contribution in [3.8, 4) is 5.75 Å². The molecule has 0 aromatic heterocycles. The molecular weight excluding hydrogens is 299 g/mol. The summed E-state index contributed by atoms with van der Waals surface area (Å²) in [6.45, 7) is 0. The SMILES string of the molecule is COc1ccccc1CCP(c1ccccc1)c1ccccc1. The zero-order chi connectivity index (χ0) is 15.9. The van der Waals surface area contributed by atoms with Crippen LogP contribution in [0.2, 0.25) is 0 Å². The fourth-order valence-corrected chi connectivity index (χ4v) is 5.11. The Labute approximate surface area is 139 Å². The molecule has 0 aliphatic heterocycles. The van der Waals surface area contributed by atoms with Gasteiger partial charge in [0.25, 0.3) is 0 Å². The van der Waals surface area contributed by atoms with Crippen LogP contribution in [0.25, 0.3) is 0 Å². The lowest BCUT2D eigenvalue weighted by Gasteiger charge is -2.19. The van der Waals surface area contributed by atoms with Crippen molar-refractivity contribution in [3.63, 3.8) is 0 Å². The molecule has 3 aromatic carbocycles. The quantitative estimate of drug-likeness (QED) is 0.613. The third kappa shape index (κ3) is 4.00. The highest BCUT2D eigenvalue weighted by atomic mass is 31.1. The third-order valence-corrected chi connectivity index (χ3v) is 6.45. The van der Waals surface area contributed by atoms with Gasteiger partial charge in [-0.2, -0.15) is 0 Å². The van der Waals surface area contributed by atoms with Gasteiger partial charge in [-0.15, -0.1) is 0 Å². The monoisotopic (exact) mass is 320 g/mol. The van der Waals surface area contributed by atoms with Crippen molar-refractivity contribution in [2.24, 2.45) is 0 Å². The summed E-state index contributed by atoms with van der Waals surface area (Å²) in [5.41, 5.74) is 1.29. The highest BCUT2D eigenvalue weighted by Crippen LogP contribution is 2.35. The van der Waals surface area contributed by atoms with Gasteiger partial charge in [0.1, 0.15) is 5.75 Å². The van der Waals surface area contributed by atoms with E-state index in [0.717, 1.165) is 18.3 Å². The summed E-state index contributed by atoms with van der Waals surface area (Å²) in [4.78, 5) is 0. The van der Waals surface area contributed by atoms with Gasteiger partial charge in [-0.25, -0.2) is 0 Å². The molecule has 0 aliphatic rings. The highest BCUT2D eigenvalue weighted by molar-refractivity contribution is 7.73. The summed E-state index contributed by atoms with van der Waals surface area (Å²) in [6, 6.07) is 30.0. The van der Waals surface area contributed by atoms with Gasteiger partial charge in [-0.1, -0.05) is 78.9 Å². The molecule has 0 bridgehead atoms. The Bertz CT molecular complexity index is 686. The Morgan fingerprint density at radius 1 is 0.696 bits per heavy atom. The standard InChI is InChI=1S/C21H21OP/c1-22-21-15-9-8-10-18(21)16-17-23(19-11-4-2-5-12-19)20-13-6-3-7-14-20/h2-15H,16-17H2,1H3. The van der Waals surface area contributed by atoms with E-state index in [1.54, 1.807) is 7.11 Å². The zero-order valence-electron chi connectivity index (χ0n) is 13.4. The molecule has 2 heteroatoms. The molecule has 0 fully saturated rings. The van der Waals surface area contributed by atoms with E-state index in [1.165, 1.54) is 16.2 Å². The van der Waals surface area contributed by atoms with Crippen molar-refractivity contribution in [2.45, 2.75) is 6.42 Å². The maximum atomic E-state index is 5.50. The van der Waals surface area contributed by atoms with Gasteiger partial charge in [0.15, 0.2) is 0 Å². The van der Waals surface area contributed by atoms with Crippen molar-refractivity contribution < 1.29 is 4.74 Å². The third-order valence-electron chi connectivity index (χ3n) is 3.93. The lowest BCUT2D eigenvalue weighted by atomic mass is 10.1. The molecule has 3 aromatic rings. The number of para-hydroxylation sites is 1. The fraction of sp³-hybridized carbons (Fsp3) is 0.143. The van der Waals surface area contributed by atoms with Gasteiger partial charge < -0.3 is 4.74 Å². The van der Waals surface area contributed by atoms with Gasteiger partial charge in [0.05, 0.1) is 7.11 Å². The van der Waals surface area contributed by atoms with E-state index < -0.39 is 0 Å². The molecule has 0 amide bonds. The van der Waals surface area contributed by atoms with Crippen LogP contribution in [0.15, 0.2) is 84.9 Å². The van der Waals surface area contributed by atoms with Gasteiger partial charge in [-0.05, 0) is 42.7 Å². The Hall–Kier alpha value is -2.11. The molecule has 0 saturated carbocycles. The van der Waals surface area contributed by atoms with Crippen molar-refractivity contribution in [2.75, 3.05) is 13.3 Å². The molecule has 1 nitrogen and oxygen atoms in total. The van der Waals surface area contributed by atoms with Crippen molar-refractivity contribution in [1.29, 1.82) is 0 Å². The van der Waals surface area contributed by atoms with Crippen molar-refractivity contribution >= 4 is 18.5 Å². The second kappa shape index (κ2) is 7.94. The number of hydrogen-bond donors (Lipinski definition) is 0. The summed E-state index contributed by atoms with van der Waals surface area (Å²) in [7, 11) is 1.40. The van der Waals surface area contributed by atoms with Gasteiger partial charge in [0, 0.05) is 0 Å². The normalized spacial score (nSPS) is 10.7. The van der Waals surface area contributed by atoms with Crippen molar-refractivity contribution in [1.82, 2.24) is 0 Å². The van der Waals surface area contributed by atoms with E-state index in [-0.39, 0.29) is 7.92 Å². The number of rotatable bonds is 6. The van der Waals surface area contributed by atoms with E-state index >= 15 is 0 Å². The zero-order valence-corrected chi connectivity index (χ0v) is 14.2. The Morgan fingerprint density at radius 3 is 1.78 bits per heavy atom. The minimum atomic E-state index is -0.348. The van der Waals surface area contributed by atoms with E-state index in [1.807, 2.05) is 12.1 Å². The first-order valence-electron chi connectivity index (χ1n) is 7.88. The smallest absolute Gasteiger partial charge is 0.122 e. The highest BCUT2D eigenvalue weighted by Gasteiger charge is 2.14. The minimum Gasteiger partial charge on any atom is -0.496 e. The van der Waals surface area contributed by atoms with E-state index in [4.69, 9.17) is 4.74 Å². The molecule has 0 unspecified atom stereocenters. The second-order valence-corrected chi connectivity index (χ2v) is 7.72. The molecule has 0 heterocycles. The van der Waals surface area contributed by atoms with Gasteiger partial charge in [-0.3, -0.25) is 0 Å². The summed E-state index contributed by atoms with van der Waals surface area (Å²) in [5, 5.41) is 2.87. The van der Waals surface area contributed by atoms with E-state index in [9.17, 15) is 0 Å². The summed E-state index contributed by atoms with van der Waals surface area (Å²) >= 11 is 0. The van der Waals surface area contributed by atoms with Gasteiger partial charge >= 0.3 is 0 Å². The van der Waals surface area contributed by atoms with Crippen LogP contribution < -0.4 is 15.3 Å². The van der Waals surface area contributed by atoms with E-state index in [0.29, 0.717) is 0 Å². The molecule has 0 atom stereocenters. The minimum absolute atomic E-state index is 0.348. The van der Waals surface area contributed by atoms with Crippen LogP contribution in [0.3, 0.4) is 0 Å². The Kier molecular flexibility index (Phi) is 5.45. The maximum Gasteiger partial charge on any atom is 0.122 e. The lowest BCUT2D eigenvalue weighted by Crippen LogP contribution is -2.15. The average molecular weight is 320 g/mol. The molecule has 0 N–H and O–H groups in total. The van der Waals surface area contributed by atoms with Crippen LogP contribution >= 0.6 is 7.92 Å². The number of aryl methyl sites for hydroxylation is 1. The van der Waals surface area contributed by atoms with Gasteiger partial charge in [0.2, 0.25) is 0 Å². The molecule has 116 valence electrons. The van der Waals surface area contributed by atoms with Crippen molar-refractivity contribution in [3.05, 3.63) is 90.5 Å². The summed E-state index contributed by atoms with van der Waals surface area (Å²) in [6.07, 6.45) is 2.16. The predicted octanol–water partition coefficient (Wildman–Crippen LogP) is 4.37. The summed E-state index contributed by atoms with van der Waals surface area (Å²) in [5.74, 6) is 0.989.